The molecule has 0 fully saturated rings. The van der Waals surface area contributed by atoms with Crippen LogP contribution in [0.5, 0.6) is 11.5 Å². The molecule has 6 heteroatoms. The molecular weight excluding hydrogens is 356 g/mol. The quantitative estimate of drug-likeness (QED) is 0.553. The molecule has 0 saturated heterocycles. The fraction of sp³-hybridized carbons (Fsp3) is 0.409. The summed E-state index contributed by atoms with van der Waals surface area (Å²) in [5, 5.41) is 15.5. The highest BCUT2D eigenvalue weighted by Crippen LogP contribution is 2.28. The lowest BCUT2D eigenvalue weighted by atomic mass is 10.1. The minimum atomic E-state index is -0.196. The maximum atomic E-state index is 12.2. The molecule has 0 aliphatic heterocycles. The average molecular weight is 386 g/mol. The van der Waals surface area contributed by atoms with Crippen molar-refractivity contribution in [1.82, 2.24) is 10.6 Å². The molecule has 2 aromatic rings. The van der Waals surface area contributed by atoms with Gasteiger partial charge < -0.3 is 25.2 Å². The van der Waals surface area contributed by atoms with Crippen molar-refractivity contribution in [2.45, 2.75) is 38.9 Å². The van der Waals surface area contributed by atoms with E-state index in [0.717, 1.165) is 17.5 Å². The summed E-state index contributed by atoms with van der Waals surface area (Å²) in [5.41, 5.74) is 2.05. The SMILES string of the molecule is CC[C@H](CO)NCc1ccc(OCC(=O)N[C@H](C)c2ccccc2)c(OC)c1. The topological polar surface area (TPSA) is 79.8 Å². The van der Waals surface area contributed by atoms with E-state index in [1.165, 1.54) is 0 Å². The molecule has 2 atom stereocenters. The van der Waals surface area contributed by atoms with Crippen LogP contribution in [0, 0.1) is 0 Å². The summed E-state index contributed by atoms with van der Waals surface area (Å²) in [6, 6.07) is 15.3. The van der Waals surface area contributed by atoms with Gasteiger partial charge in [0, 0.05) is 12.6 Å². The molecule has 0 aliphatic rings. The summed E-state index contributed by atoms with van der Waals surface area (Å²) in [6.45, 7) is 4.59. The average Bonchev–Trinajstić information content (AvgIpc) is 2.73. The number of carbonyl (C=O) groups excluding carboxylic acids is 1. The fourth-order valence-corrected chi connectivity index (χ4v) is 2.79. The minimum Gasteiger partial charge on any atom is -0.493 e. The van der Waals surface area contributed by atoms with Crippen molar-refractivity contribution in [2.24, 2.45) is 0 Å². The summed E-state index contributed by atoms with van der Waals surface area (Å²) in [5.74, 6) is 0.890. The van der Waals surface area contributed by atoms with Crippen LogP contribution >= 0.6 is 0 Å². The van der Waals surface area contributed by atoms with E-state index in [4.69, 9.17) is 9.47 Å². The molecule has 152 valence electrons. The molecule has 0 heterocycles. The van der Waals surface area contributed by atoms with Gasteiger partial charge in [0.05, 0.1) is 19.8 Å². The predicted molar refractivity (Wildman–Crippen MR) is 109 cm³/mol. The number of aliphatic hydroxyl groups is 1. The van der Waals surface area contributed by atoms with Gasteiger partial charge in [0.15, 0.2) is 18.1 Å². The van der Waals surface area contributed by atoms with Crippen LogP contribution in [0.1, 0.15) is 37.4 Å². The minimum absolute atomic E-state index is 0.0669. The molecule has 0 saturated carbocycles. The number of carbonyl (C=O) groups is 1. The van der Waals surface area contributed by atoms with E-state index in [9.17, 15) is 9.90 Å². The molecule has 3 N–H and O–H groups in total. The Labute approximate surface area is 166 Å². The molecule has 28 heavy (non-hydrogen) atoms. The van der Waals surface area contributed by atoms with Gasteiger partial charge in [-0.25, -0.2) is 0 Å². The summed E-state index contributed by atoms with van der Waals surface area (Å²) >= 11 is 0. The second-order valence-electron chi connectivity index (χ2n) is 6.64. The number of amides is 1. The van der Waals surface area contributed by atoms with Gasteiger partial charge in [0.25, 0.3) is 5.91 Å². The van der Waals surface area contributed by atoms with Crippen LogP contribution in [-0.2, 0) is 11.3 Å². The number of benzene rings is 2. The zero-order chi connectivity index (χ0) is 20.4. The van der Waals surface area contributed by atoms with Gasteiger partial charge >= 0.3 is 0 Å². The Bertz CT molecular complexity index is 733. The molecule has 6 nitrogen and oxygen atoms in total. The van der Waals surface area contributed by atoms with Gasteiger partial charge in [-0.15, -0.1) is 0 Å². The largest absolute Gasteiger partial charge is 0.493 e. The van der Waals surface area contributed by atoms with Gasteiger partial charge in [0.2, 0.25) is 0 Å². The van der Waals surface area contributed by atoms with Gasteiger partial charge in [0.1, 0.15) is 0 Å². The Kier molecular flexibility index (Phi) is 8.78. The van der Waals surface area contributed by atoms with E-state index < -0.39 is 0 Å². The van der Waals surface area contributed by atoms with Gasteiger partial charge in [-0.1, -0.05) is 43.3 Å². The highest BCUT2D eigenvalue weighted by molar-refractivity contribution is 5.78. The van der Waals surface area contributed by atoms with E-state index in [1.54, 1.807) is 13.2 Å². The van der Waals surface area contributed by atoms with E-state index >= 15 is 0 Å². The number of rotatable bonds is 11. The summed E-state index contributed by atoms with van der Waals surface area (Å²) in [7, 11) is 1.57. The molecule has 1 amide bonds. The Morgan fingerprint density at radius 1 is 1.14 bits per heavy atom. The van der Waals surface area contributed by atoms with Crippen LogP contribution in [0.25, 0.3) is 0 Å². The second-order valence-corrected chi connectivity index (χ2v) is 6.64. The Morgan fingerprint density at radius 3 is 2.54 bits per heavy atom. The number of hydrogen-bond acceptors (Lipinski definition) is 5. The maximum Gasteiger partial charge on any atom is 0.258 e. The first kappa shape index (κ1) is 21.7. The second kappa shape index (κ2) is 11.3. The van der Waals surface area contributed by atoms with Crippen LogP contribution in [0.3, 0.4) is 0 Å². The number of methoxy groups -OCH3 is 1. The van der Waals surface area contributed by atoms with Crippen molar-refractivity contribution in [2.75, 3.05) is 20.3 Å². The van der Waals surface area contributed by atoms with Gasteiger partial charge in [-0.05, 0) is 36.6 Å². The third kappa shape index (κ3) is 6.55. The van der Waals surface area contributed by atoms with Crippen LogP contribution in [0.15, 0.2) is 48.5 Å². The first-order valence-electron chi connectivity index (χ1n) is 9.55. The van der Waals surface area contributed by atoms with Crippen molar-refractivity contribution in [3.8, 4) is 11.5 Å². The Morgan fingerprint density at radius 2 is 1.89 bits per heavy atom. The molecule has 0 aliphatic carbocycles. The highest BCUT2D eigenvalue weighted by atomic mass is 16.5. The lowest BCUT2D eigenvalue weighted by Crippen LogP contribution is -2.31. The Balaban J connectivity index is 1.89. The van der Waals surface area contributed by atoms with E-state index in [-0.39, 0.29) is 31.2 Å². The molecule has 0 aromatic heterocycles. The Hall–Kier alpha value is -2.57. The third-order valence-electron chi connectivity index (χ3n) is 4.57. The lowest BCUT2D eigenvalue weighted by Gasteiger charge is -2.17. The predicted octanol–water partition coefficient (Wildman–Crippen LogP) is 2.81. The maximum absolute atomic E-state index is 12.2. The van der Waals surface area contributed by atoms with E-state index in [2.05, 4.69) is 10.6 Å². The van der Waals surface area contributed by atoms with Crippen molar-refractivity contribution in [1.29, 1.82) is 0 Å². The lowest BCUT2D eigenvalue weighted by molar-refractivity contribution is -0.123. The summed E-state index contributed by atoms with van der Waals surface area (Å²) in [4.78, 5) is 12.2. The smallest absolute Gasteiger partial charge is 0.258 e. The van der Waals surface area contributed by atoms with E-state index in [0.29, 0.717) is 18.0 Å². The number of aliphatic hydroxyl groups excluding tert-OH is 1. The molecule has 0 unspecified atom stereocenters. The molecule has 0 spiro atoms. The highest BCUT2D eigenvalue weighted by Gasteiger charge is 2.12. The third-order valence-corrected chi connectivity index (χ3v) is 4.57. The standard InChI is InChI=1S/C22H30N2O4/c1-4-19(14-25)23-13-17-10-11-20(21(12-17)27-3)28-15-22(26)24-16(2)18-8-6-5-7-9-18/h5-12,16,19,23,25H,4,13-15H2,1-3H3,(H,24,26)/t16-,19-/m1/s1. The molecule has 0 bridgehead atoms. The van der Waals surface area contributed by atoms with Crippen molar-refractivity contribution in [3.05, 3.63) is 59.7 Å². The first-order valence-corrected chi connectivity index (χ1v) is 9.55. The zero-order valence-corrected chi connectivity index (χ0v) is 16.8. The first-order chi connectivity index (χ1) is 13.6. The van der Waals surface area contributed by atoms with Crippen molar-refractivity contribution in [3.63, 3.8) is 0 Å². The molecule has 2 aromatic carbocycles. The van der Waals surface area contributed by atoms with Crippen LogP contribution in [0.2, 0.25) is 0 Å². The van der Waals surface area contributed by atoms with Crippen molar-refractivity contribution >= 4 is 5.91 Å². The summed E-state index contributed by atoms with van der Waals surface area (Å²) in [6.07, 6.45) is 0.853. The number of nitrogens with one attached hydrogen (secondary N) is 2. The van der Waals surface area contributed by atoms with Gasteiger partial charge in [-0.3, -0.25) is 4.79 Å². The van der Waals surface area contributed by atoms with Crippen LogP contribution < -0.4 is 20.1 Å². The number of ether oxygens (including phenoxy) is 2. The zero-order valence-electron chi connectivity index (χ0n) is 16.8. The molecular formula is C22H30N2O4. The summed E-state index contributed by atoms with van der Waals surface area (Å²) < 4.78 is 11.0. The monoisotopic (exact) mass is 386 g/mol. The van der Waals surface area contributed by atoms with E-state index in [1.807, 2.05) is 56.3 Å². The van der Waals surface area contributed by atoms with Crippen molar-refractivity contribution < 1.29 is 19.4 Å². The fourth-order valence-electron chi connectivity index (χ4n) is 2.79. The van der Waals surface area contributed by atoms with Crippen LogP contribution in [-0.4, -0.2) is 37.4 Å². The van der Waals surface area contributed by atoms with Crippen LogP contribution in [0.4, 0.5) is 0 Å². The van der Waals surface area contributed by atoms with Gasteiger partial charge in [-0.2, -0.15) is 0 Å². The number of hydrogen-bond donors (Lipinski definition) is 3. The molecule has 2 rings (SSSR count). The molecule has 0 radical (unpaired) electrons. The normalized spacial score (nSPS) is 12.9.